The Kier molecular flexibility index (Phi) is 6.58. The van der Waals surface area contributed by atoms with Crippen LogP contribution >= 0.6 is 46.6 Å². The van der Waals surface area contributed by atoms with Crippen molar-refractivity contribution in [2.75, 3.05) is 0 Å². The van der Waals surface area contributed by atoms with E-state index in [-0.39, 0.29) is 6.10 Å². The van der Waals surface area contributed by atoms with Gasteiger partial charge in [0, 0.05) is 12.8 Å². The van der Waals surface area contributed by atoms with Gasteiger partial charge in [-0.15, -0.1) is 10.2 Å². The third-order valence-electron chi connectivity index (χ3n) is 3.97. The van der Waals surface area contributed by atoms with Gasteiger partial charge in [0.25, 0.3) is 0 Å². The summed E-state index contributed by atoms with van der Waals surface area (Å²) >= 11 is 19.8. The fourth-order valence-electron chi connectivity index (χ4n) is 2.53. The van der Waals surface area contributed by atoms with Crippen LogP contribution in [-0.4, -0.2) is 14.8 Å². The normalized spacial score (nSPS) is 12.2. The van der Waals surface area contributed by atoms with Gasteiger partial charge < -0.3 is 9.30 Å². The van der Waals surface area contributed by atoms with E-state index in [1.807, 2.05) is 55.8 Å². The molecule has 3 aromatic rings. The monoisotopic (exact) mass is 441 g/mol. The van der Waals surface area contributed by atoms with Crippen molar-refractivity contribution in [1.82, 2.24) is 14.8 Å². The van der Waals surface area contributed by atoms with Gasteiger partial charge in [0.1, 0.15) is 5.75 Å². The molecule has 8 heteroatoms. The van der Waals surface area contributed by atoms with Crippen molar-refractivity contribution in [3.8, 4) is 5.75 Å². The second kappa shape index (κ2) is 8.74. The zero-order chi connectivity index (χ0) is 19.6. The third kappa shape index (κ3) is 4.91. The maximum atomic E-state index is 6.22. The molecule has 0 aliphatic carbocycles. The van der Waals surface area contributed by atoms with Crippen LogP contribution in [-0.2, 0) is 12.8 Å². The van der Waals surface area contributed by atoms with Gasteiger partial charge in [0.05, 0.1) is 15.1 Å². The van der Waals surface area contributed by atoms with Crippen molar-refractivity contribution in [2.24, 2.45) is 7.05 Å². The van der Waals surface area contributed by atoms with E-state index >= 15 is 0 Å². The van der Waals surface area contributed by atoms with Crippen LogP contribution in [0.2, 0.25) is 15.1 Å². The highest BCUT2D eigenvalue weighted by Gasteiger charge is 2.18. The Morgan fingerprint density at radius 2 is 1.78 bits per heavy atom. The van der Waals surface area contributed by atoms with Crippen molar-refractivity contribution in [3.63, 3.8) is 0 Å². The first kappa shape index (κ1) is 20.3. The maximum Gasteiger partial charge on any atom is 0.191 e. The molecule has 0 N–H and O–H groups in total. The van der Waals surface area contributed by atoms with Crippen LogP contribution < -0.4 is 4.74 Å². The van der Waals surface area contributed by atoms with Crippen LogP contribution in [0.25, 0.3) is 0 Å². The van der Waals surface area contributed by atoms with Crippen molar-refractivity contribution in [3.05, 3.63) is 68.4 Å². The Morgan fingerprint density at radius 3 is 2.52 bits per heavy atom. The predicted octanol–water partition coefficient (Wildman–Crippen LogP) is 6.52. The van der Waals surface area contributed by atoms with Crippen LogP contribution in [0.3, 0.4) is 0 Å². The summed E-state index contributed by atoms with van der Waals surface area (Å²) in [5.41, 5.74) is 2.15. The first-order chi connectivity index (χ1) is 12.8. The number of benzene rings is 2. The van der Waals surface area contributed by atoms with Gasteiger partial charge in [-0.3, -0.25) is 0 Å². The molecule has 0 unspecified atom stereocenters. The van der Waals surface area contributed by atoms with Gasteiger partial charge in [-0.25, -0.2) is 0 Å². The summed E-state index contributed by atoms with van der Waals surface area (Å²) < 4.78 is 7.93. The molecule has 0 fully saturated rings. The highest BCUT2D eigenvalue weighted by molar-refractivity contribution is 7.98. The molecule has 3 rings (SSSR count). The van der Waals surface area contributed by atoms with Gasteiger partial charge >= 0.3 is 0 Å². The number of hydrogen-bond acceptors (Lipinski definition) is 4. The van der Waals surface area contributed by atoms with E-state index in [2.05, 4.69) is 10.2 Å². The first-order valence-electron chi connectivity index (χ1n) is 8.24. The van der Waals surface area contributed by atoms with E-state index in [1.54, 1.807) is 17.8 Å². The molecule has 142 valence electrons. The van der Waals surface area contributed by atoms with Crippen molar-refractivity contribution < 1.29 is 4.74 Å². The molecule has 1 heterocycles. The number of aryl methyl sites for hydroxylation is 1. The molecule has 27 heavy (non-hydrogen) atoms. The number of ether oxygens (including phenoxy) is 1. The minimum absolute atomic E-state index is 0.291. The lowest BCUT2D eigenvalue weighted by atomic mass is 10.2. The fourth-order valence-corrected chi connectivity index (χ4v) is 3.87. The largest absolute Gasteiger partial charge is 0.481 e. The lowest BCUT2D eigenvalue weighted by molar-refractivity contribution is 0.211. The zero-order valence-electron chi connectivity index (χ0n) is 15.0. The predicted molar refractivity (Wildman–Crippen MR) is 112 cm³/mol. The van der Waals surface area contributed by atoms with Crippen LogP contribution in [0.1, 0.15) is 30.0 Å². The van der Waals surface area contributed by atoms with E-state index in [0.29, 0.717) is 26.6 Å². The zero-order valence-corrected chi connectivity index (χ0v) is 18.1. The molecule has 0 aliphatic rings. The molecule has 0 radical (unpaired) electrons. The van der Waals surface area contributed by atoms with Crippen LogP contribution in [0, 0.1) is 6.92 Å². The van der Waals surface area contributed by atoms with Crippen molar-refractivity contribution in [1.29, 1.82) is 0 Å². The average molecular weight is 443 g/mol. The van der Waals surface area contributed by atoms with E-state index in [4.69, 9.17) is 39.5 Å². The average Bonchev–Trinajstić information content (AvgIpc) is 3.00. The topological polar surface area (TPSA) is 39.9 Å². The molecule has 1 aromatic heterocycles. The molecule has 0 amide bonds. The van der Waals surface area contributed by atoms with Gasteiger partial charge in [0.2, 0.25) is 0 Å². The number of rotatable bonds is 6. The number of hydrogen-bond donors (Lipinski definition) is 0. The molecule has 1 atom stereocenters. The minimum Gasteiger partial charge on any atom is -0.481 e. The SMILES string of the molecule is Cc1ccc(Cl)c(O[C@@H](C)c2nnc(SCc3ccc(Cl)c(Cl)c3)n2C)c1. The Bertz CT molecular complexity index is 961. The Labute approximate surface area is 177 Å². The summed E-state index contributed by atoms with van der Waals surface area (Å²) in [4.78, 5) is 0. The number of aromatic nitrogens is 3. The van der Waals surface area contributed by atoms with Gasteiger partial charge in [-0.05, 0) is 49.2 Å². The van der Waals surface area contributed by atoms with E-state index in [0.717, 1.165) is 22.1 Å². The highest BCUT2D eigenvalue weighted by atomic mass is 35.5. The van der Waals surface area contributed by atoms with Crippen LogP contribution in [0.15, 0.2) is 41.6 Å². The summed E-state index contributed by atoms with van der Waals surface area (Å²) in [6, 6.07) is 11.3. The molecule has 0 saturated carbocycles. The smallest absolute Gasteiger partial charge is 0.191 e. The third-order valence-corrected chi connectivity index (χ3v) is 6.12. The molecule has 0 saturated heterocycles. The second-order valence-electron chi connectivity index (χ2n) is 6.13. The molecule has 4 nitrogen and oxygen atoms in total. The summed E-state index contributed by atoms with van der Waals surface area (Å²) in [6.45, 7) is 3.92. The second-order valence-corrected chi connectivity index (χ2v) is 8.29. The van der Waals surface area contributed by atoms with Crippen molar-refractivity contribution >= 4 is 46.6 Å². The first-order valence-corrected chi connectivity index (χ1v) is 10.4. The van der Waals surface area contributed by atoms with E-state index in [9.17, 15) is 0 Å². The van der Waals surface area contributed by atoms with Gasteiger partial charge in [-0.1, -0.05) is 58.7 Å². The lowest BCUT2D eigenvalue weighted by Crippen LogP contribution is -2.10. The molecule has 0 aliphatic heterocycles. The van der Waals surface area contributed by atoms with Crippen molar-refractivity contribution in [2.45, 2.75) is 30.9 Å². The molecular weight excluding hydrogens is 425 g/mol. The van der Waals surface area contributed by atoms with E-state index < -0.39 is 0 Å². The maximum absolute atomic E-state index is 6.22. The number of nitrogens with zero attached hydrogens (tertiary/aromatic N) is 3. The summed E-state index contributed by atoms with van der Waals surface area (Å²) in [6.07, 6.45) is -0.291. The molecular formula is C19H18Cl3N3OS. The summed E-state index contributed by atoms with van der Waals surface area (Å²) in [7, 11) is 1.92. The summed E-state index contributed by atoms with van der Waals surface area (Å²) in [5.74, 6) is 2.07. The summed E-state index contributed by atoms with van der Waals surface area (Å²) in [5, 5.41) is 11.0. The van der Waals surface area contributed by atoms with E-state index in [1.165, 1.54) is 0 Å². The Balaban J connectivity index is 1.70. The number of halogens is 3. The molecule has 0 bridgehead atoms. The lowest BCUT2D eigenvalue weighted by Gasteiger charge is -2.15. The standard InChI is InChI=1S/C19H18Cl3N3OS/c1-11-4-6-15(21)17(8-11)26-12(2)18-23-24-19(25(18)3)27-10-13-5-7-14(20)16(22)9-13/h4-9,12H,10H2,1-3H3/t12-/m0/s1. The Hall–Kier alpha value is -1.40. The van der Waals surface area contributed by atoms with Gasteiger partial charge in [0.15, 0.2) is 17.1 Å². The number of thioether (sulfide) groups is 1. The fraction of sp³-hybridized carbons (Fsp3) is 0.263. The highest BCUT2D eigenvalue weighted by Crippen LogP contribution is 2.31. The molecule has 0 spiro atoms. The van der Waals surface area contributed by atoms with Gasteiger partial charge in [-0.2, -0.15) is 0 Å². The molecule has 2 aromatic carbocycles. The van der Waals surface area contributed by atoms with Crippen LogP contribution in [0.4, 0.5) is 0 Å². The Morgan fingerprint density at radius 1 is 1.04 bits per heavy atom. The minimum atomic E-state index is -0.291. The quantitative estimate of drug-likeness (QED) is 0.408. The van der Waals surface area contributed by atoms with Crippen LogP contribution in [0.5, 0.6) is 5.75 Å².